The summed E-state index contributed by atoms with van der Waals surface area (Å²) >= 11 is 6.02. The summed E-state index contributed by atoms with van der Waals surface area (Å²) in [7, 11) is 1.55. The Morgan fingerprint density at radius 1 is 1.12 bits per heavy atom. The zero-order valence-electron chi connectivity index (χ0n) is 14.3. The van der Waals surface area contributed by atoms with Gasteiger partial charge in [0.1, 0.15) is 17.3 Å². The van der Waals surface area contributed by atoms with Gasteiger partial charge in [-0.2, -0.15) is 5.10 Å². The van der Waals surface area contributed by atoms with Gasteiger partial charge in [-0.05, 0) is 36.4 Å². The highest BCUT2D eigenvalue weighted by molar-refractivity contribution is 6.30. The first-order valence-corrected chi connectivity index (χ1v) is 8.21. The van der Waals surface area contributed by atoms with Crippen molar-refractivity contribution in [2.24, 2.45) is 0 Å². The third-order valence-corrected chi connectivity index (χ3v) is 3.76. The molecule has 26 heavy (non-hydrogen) atoms. The van der Waals surface area contributed by atoms with E-state index in [0.29, 0.717) is 22.3 Å². The van der Waals surface area contributed by atoms with Crippen LogP contribution >= 0.6 is 11.6 Å². The summed E-state index contributed by atoms with van der Waals surface area (Å²) in [4.78, 5) is 11.4. The van der Waals surface area contributed by atoms with E-state index < -0.39 is 0 Å². The third-order valence-electron chi connectivity index (χ3n) is 3.52. The molecule has 0 spiro atoms. The van der Waals surface area contributed by atoms with E-state index in [1.54, 1.807) is 25.4 Å². The lowest BCUT2D eigenvalue weighted by atomic mass is 10.2. The van der Waals surface area contributed by atoms with E-state index in [1.807, 2.05) is 30.3 Å². The van der Waals surface area contributed by atoms with Crippen molar-refractivity contribution in [3.05, 3.63) is 53.7 Å². The van der Waals surface area contributed by atoms with Crippen molar-refractivity contribution in [1.82, 2.24) is 10.2 Å². The van der Waals surface area contributed by atoms with Crippen LogP contribution in [-0.4, -0.2) is 23.2 Å². The van der Waals surface area contributed by atoms with Crippen LogP contribution in [0.5, 0.6) is 5.75 Å². The smallest absolute Gasteiger partial charge is 0.221 e. The highest BCUT2D eigenvalue weighted by Gasteiger charge is 2.10. The molecule has 0 aliphatic carbocycles. The molecule has 3 rings (SSSR count). The molecule has 4 N–H and O–H groups in total. The molecule has 0 bridgehead atoms. The van der Waals surface area contributed by atoms with Crippen molar-refractivity contribution >= 4 is 46.1 Å². The Morgan fingerprint density at radius 3 is 2.65 bits per heavy atom. The van der Waals surface area contributed by atoms with Crippen molar-refractivity contribution < 1.29 is 9.53 Å². The van der Waals surface area contributed by atoms with Crippen molar-refractivity contribution in [3.63, 3.8) is 0 Å². The number of amides is 1. The van der Waals surface area contributed by atoms with Crippen LogP contribution in [0.25, 0.3) is 0 Å². The van der Waals surface area contributed by atoms with E-state index in [0.717, 1.165) is 17.1 Å². The molecule has 0 unspecified atom stereocenters. The number of nitrogens with one attached hydrogen (secondary N) is 4. The second kappa shape index (κ2) is 7.79. The maximum absolute atomic E-state index is 11.4. The fraction of sp³-hybridized carbons (Fsp3) is 0.111. The van der Waals surface area contributed by atoms with E-state index in [4.69, 9.17) is 16.3 Å². The number of benzene rings is 2. The van der Waals surface area contributed by atoms with Gasteiger partial charge in [-0.3, -0.25) is 9.89 Å². The second-order valence-corrected chi connectivity index (χ2v) is 5.95. The molecule has 0 aliphatic rings. The van der Waals surface area contributed by atoms with Crippen LogP contribution in [0.4, 0.5) is 28.6 Å². The van der Waals surface area contributed by atoms with Crippen molar-refractivity contribution in [2.75, 3.05) is 23.1 Å². The van der Waals surface area contributed by atoms with Crippen LogP contribution in [-0.2, 0) is 4.79 Å². The summed E-state index contributed by atoms with van der Waals surface area (Å²) in [6.07, 6.45) is 1.67. The molecule has 1 aromatic heterocycles. The number of H-pyrrole nitrogens is 1. The monoisotopic (exact) mass is 371 g/mol. The van der Waals surface area contributed by atoms with Crippen LogP contribution < -0.4 is 20.7 Å². The number of hydrogen-bond donors (Lipinski definition) is 4. The molecule has 0 saturated heterocycles. The van der Waals surface area contributed by atoms with Crippen molar-refractivity contribution in [2.45, 2.75) is 6.92 Å². The van der Waals surface area contributed by atoms with Crippen molar-refractivity contribution in [3.8, 4) is 5.75 Å². The summed E-state index contributed by atoms with van der Waals surface area (Å²) < 4.78 is 5.26. The van der Waals surface area contributed by atoms with Gasteiger partial charge in [0, 0.05) is 23.3 Å². The van der Waals surface area contributed by atoms with Crippen LogP contribution in [0.2, 0.25) is 5.02 Å². The summed E-state index contributed by atoms with van der Waals surface area (Å²) in [5.74, 6) is 1.07. The molecule has 0 radical (unpaired) electrons. The molecule has 7 nitrogen and oxygen atoms in total. The predicted molar refractivity (Wildman–Crippen MR) is 104 cm³/mol. The number of ether oxygens (including phenoxy) is 1. The number of methoxy groups -OCH3 is 1. The highest BCUT2D eigenvalue weighted by atomic mass is 35.5. The van der Waals surface area contributed by atoms with Gasteiger partial charge in [-0.25, -0.2) is 0 Å². The second-order valence-electron chi connectivity index (χ2n) is 5.52. The quantitative estimate of drug-likeness (QED) is 0.511. The average Bonchev–Trinajstić information content (AvgIpc) is 3.01. The Labute approximate surface area is 155 Å². The van der Waals surface area contributed by atoms with Gasteiger partial charge in [0.2, 0.25) is 5.91 Å². The summed E-state index contributed by atoms with van der Waals surface area (Å²) in [5.41, 5.74) is 2.93. The van der Waals surface area contributed by atoms with Crippen molar-refractivity contribution in [1.29, 1.82) is 0 Å². The molecule has 0 fully saturated rings. The summed E-state index contributed by atoms with van der Waals surface area (Å²) in [6, 6.07) is 12.8. The molecule has 134 valence electrons. The van der Waals surface area contributed by atoms with E-state index in [2.05, 4.69) is 26.1 Å². The first-order valence-electron chi connectivity index (χ1n) is 7.84. The van der Waals surface area contributed by atoms with Crippen LogP contribution in [0, 0.1) is 0 Å². The number of nitrogens with zero attached hydrogens (tertiary/aromatic N) is 1. The largest absolute Gasteiger partial charge is 0.495 e. The lowest BCUT2D eigenvalue weighted by molar-refractivity contribution is -0.114. The number of carbonyl (C=O) groups excluding carboxylic acids is 1. The maximum atomic E-state index is 11.4. The fourth-order valence-corrected chi connectivity index (χ4v) is 2.61. The Hall–Kier alpha value is -3.19. The van der Waals surface area contributed by atoms with Gasteiger partial charge in [0.15, 0.2) is 0 Å². The number of rotatable bonds is 6. The van der Waals surface area contributed by atoms with Gasteiger partial charge < -0.3 is 20.7 Å². The highest BCUT2D eigenvalue weighted by Crippen LogP contribution is 2.31. The molecule has 0 saturated carbocycles. The Morgan fingerprint density at radius 2 is 1.92 bits per heavy atom. The van der Waals surface area contributed by atoms with E-state index in [-0.39, 0.29) is 5.91 Å². The van der Waals surface area contributed by atoms with Gasteiger partial charge >= 0.3 is 0 Å². The molecule has 0 atom stereocenters. The first-order chi connectivity index (χ1) is 12.5. The minimum absolute atomic E-state index is 0.176. The van der Waals surface area contributed by atoms with Gasteiger partial charge in [-0.1, -0.05) is 17.7 Å². The van der Waals surface area contributed by atoms with Gasteiger partial charge in [0.05, 0.1) is 19.0 Å². The topological polar surface area (TPSA) is 91.1 Å². The van der Waals surface area contributed by atoms with Crippen LogP contribution in [0.3, 0.4) is 0 Å². The number of halogens is 1. The van der Waals surface area contributed by atoms with E-state index in [1.165, 1.54) is 6.92 Å². The number of hydrogen-bond acceptors (Lipinski definition) is 5. The molecule has 1 heterocycles. The maximum Gasteiger partial charge on any atom is 0.221 e. The summed E-state index contributed by atoms with van der Waals surface area (Å²) in [6.45, 7) is 1.45. The molecular weight excluding hydrogens is 354 g/mol. The van der Waals surface area contributed by atoms with Crippen LogP contribution in [0.1, 0.15) is 6.92 Å². The predicted octanol–water partition coefficient (Wildman–Crippen LogP) is 4.52. The lowest BCUT2D eigenvalue weighted by Crippen LogP contribution is -2.07. The minimum atomic E-state index is -0.176. The molecule has 3 aromatic rings. The van der Waals surface area contributed by atoms with Gasteiger partial charge in [0.25, 0.3) is 0 Å². The number of carbonyl (C=O) groups is 1. The molecule has 1 amide bonds. The van der Waals surface area contributed by atoms with Gasteiger partial charge in [-0.15, -0.1) is 0 Å². The summed E-state index contributed by atoms with van der Waals surface area (Å²) in [5, 5.41) is 16.8. The Balaban J connectivity index is 1.81. The number of aromatic amines is 1. The zero-order valence-corrected chi connectivity index (χ0v) is 15.0. The SMILES string of the molecule is COc1ccc(Nc2[nH]ncc2Nc2cccc(Cl)c2)cc1NC(C)=O. The Kier molecular flexibility index (Phi) is 5.28. The fourth-order valence-electron chi connectivity index (χ4n) is 2.42. The molecule has 8 heteroatoms. The molecule has 2 aromatic carbocycles. The number of aromatic nitrogens is 2. The minimum Gasteiger partial charge on any atom is -0.495 e. The Bertz CT molecular complexity index is 925. The molecule has 0 aliphatic heterocycles. The normalized spacial score (nSPS) is 10.3. The third kappa shape index (κ3) is 4.25. The zero-order chi connectivity index (χ0) is 18.5. The lowest BCUT2D eigenvalue weighted by Gasteiger charge is -2.13. The average molecular weight is 372 g/mol. The molecular formula is C18H18ClN5O2. The van der Waals surface area contributed by atoms with Crippen LogP contribution in [0.15, 0.2) is 48.7 Å². The number of anilines is 5. The first kappa shape index (κ1) is 17.6. The standard InChI is InChI=1S/C18H18ClN5O2/c1-11(25)21-15-9-14(6-7-17(15)26-2)23-18-16(10-20-24-18)22-13-5-3-4-12(19)8-13/h3-10,22H,1-2H3,(H,21,25)(H2,20,23,24). The van der Waals surface area contributed by atoms with E-state index in [9.17, 15) is 4.79 Å². The van der Waals surface area contributed by atoms with E-state index >= 15 is 0 Å².